The topological polar surface area (TPSA) is 86.5 Å². The van der Waals surface area contributed by atoms with Crippen LogP contribution in [0.15, 0.2) is 12.3 Å². The molecule has 21 heavy (non-hydrogen) atoms. The summed E-state index contributed by atoms with van der Waals surface area (Å²) in [5.41, 5.74) is 6.81. The Hall–Kier alpha value is -1.82. The van der Waals surface area contributed by atoms with Crippen molar-refractivity contribution in [3.05, 3.63) is 17.8 Å². The molecule has 6 nitrogen and oxygen atoms in total. The highest BCUT2D eigenvalue weighted by atomic mass is 16.5. The average Bonchev–Trinajstić information content (AvgIpc) is 3.24. The van der Waals surface area contributed by atoms with E-state index in [-0.39, 0.29) is 5.41 Å². The summed E-state index contributed by atoms with van der Waals surface area (Å²) < 4.78 is 10.2. The third-order valence-electron chi connectivity index (χ3n) is 3.83. The first kappa shape index (κ1) is 15.6. The highest BCUT2D eigenvalue weighted by molar-refractivity contribution is 5.95. The molecule has 0 amide bonds. The van der Waals surface area contributed by atoms with E-state index in [1.54, 1.807) is 26.3 Å². The van der Waals surface area contributed by atoms with Crippen LogP contribution in [0, 0.1) is 5.41 Å². The predicted molar refractivity (Wildman–Crippen MR) is 81.3 cm³/mol. The first-order valence-electron chi connectivity index (χ1n) is 7.26. The molecule has 0 saturated heterocycles. The minimum atomic E-state index is -0.401. The van der Waals surface area contributed by atoms with E-state index in [9.17, 15) is 4.79 Å². The van der Waals surface area contributed by atoms with Gasteiger partial charge in [0, 0.05) is 20.3 Å². The smallest absolute Gasteiger partial charge is 0.341 e. The molecule has 0 spiro atoms. The van der Waals surface area contributed by atoms with E-state index in [2.05, 4.69) is 10.3 Å². The fraction of sp³-hybridized carbons (Fsp3) is 0.600. The van der Waals surface area contributed by atoms with Crippen molar-refractivity contribution in [2.45, 2.75) is 26.2 Å². The number of carbonyl (C=O) groups is 1. The van der Waals surface area contributed by atoms with Crippen LogP contribution in [0.5, 0.6) is 0 Å². The van der Waals surface area contributed by atoms with Gasteiger partial charge in [0.25, 0.3) is 0 Å². The third-order valence-corrected chi connectivity index (χ3v) is 3.83. The van der Waals surface area contributed by atoms with Gasteiger partial charge in [0.15, 0.2) is 0 Å². The SMILES string of the molecule is CCOC(=O)c1cc(N)cnc1NCC1(CCOC)CC1. The van der Waals surface area contributed by atoms with Gasteiger partial charge in [-0.25, -0.2) is 9.78 Å². The number of anilines is 2. The largest absolute Gasteiger partial charge is 0.462 e. The number of hydrogen-bond acceptors (Lipinski definition) is 6. The van der Waals surface area contributed by atoms with Gasteiger partial charge >= 0.3 is 5.97 Å². The van der Waals surface area contributed by atoms with E-state index in [0.717, 1.165) is 19.6 Å². The van der Waals surface area contributed by atoms with E-state index >= 15 is 0 Å². The zero-order valence-electron chi connectivity index (χ0n) is 12.6. The van der Waals surface area contributed by atoms with Crippen LogP contribution in [0.1, 0.15) is 36.5 Å². The van der Waals surface area contributed by atoms with Gasteiger partial charge in [0.2, 0.25) is 0 Å². The second-order valence-corrected chi connectivity index (χ2v) is 5.48. The second kappa shape index (κ2) is 6.76. The fourth-order valence-electron chi connectivity index (χ4n) is 2.27. The highest BCUT2D eigenvalue weighted by Crippen LogP contribution is 2.48. The number of ether oxygens (including phenoxy) is 2. The number of nitrogens with zero attached hydrogens (tertiary/aromatic N) is 1. The first-order valence-corrected chi connectivity index (χ1v) is 7.26. The summed E-state index contributed by atoms with van der Waals surface area (Å²) in [7, 11) is 1.71. The fourth-order valence-corrected chi connectivity index (χ4v) is 2.27. The Balaban J connectivity index is 2.04. The molecule has 0 radical (unpaired) electrons. The summed E-state index contributed by atoms with van der Waals surface area (Å²) in [5, 5.41) is 3.27. The zero-order chi connectivity index (χ0) is 15.3. The van der Waals surface area contributed by atoms with Crippen molar-refractivity contribution in [2.75, 3.05) is 37.9 Å². The van der Waals surface area contributed by atoms with E-state index in [1.165, 1.54) is 12.8 Å². The standard InChI is InChI=1S/C15H23N3O3/c1-3-21-14(19)12-8-11(16)9-17-13(12)18-10-15(4-5-15)6-7-20-2/h8-9H,3-7,10,16H2,1-2H3,(H,17,18). The van der Waals surface area contributed by atoms with Crippen LogP contribution in [0.25, 0.3) is 0 Å². The summed E-state index contributed by atoms with van der Waals surface area (Å²) in [6, 6.07) is 1.60. The molecular formula is C15H23N3O3. The van der Waals surface area contributed by atoms with Gasteiger partial charge in [0.05, 0.1) is 18.5 Å². The predicted octanol–water partition coefficient (Wildman–Crippen LogP) is 2.07. The van der Waals surface area contributed by atoms with Crippen LogP contribution in [0.3, 0.4) is 0 Å². The minimum Gasteiger partial charge on any atom is -0.462 e. The lowest BCUT2D eigenvalue weighted by Gasteiger charge is -2.17. The number of nitrogens with two attached hydrogens (primary N) is 1. The number of aromatic nitrogens is 1. The molecule has 1 saturated carbocycles. The lowest BCUT2D eigenvalue weighted by atomic mass is 10.0. The summed E-state index contributed by atoms with van der Waals surface area (Å²) >= 11 is 0. The Morgan fingerprint density at radius 2 is 2.29 bits per heavy atom. The maximum atomic E-state index is 12.0. The number of carbonyl (C=O) groups excluding carboxylic acids is 1. The molecule has 0 bridgehead atoms. The molecule has 1 fully saturated rings. The molecular weight excluding hydrogens is 270 g/mol. The van der Waals surface area contributed by atoms with Gasteiger partial charge in [-0.15, -0.1) is 0 Å². The molecule has 0 aliphatic heterocycles. The van der Waals surface area contributed by atoms with Gasteiger partial charge in [-0.3, -0.25) is 0 Å². The van der Waals surface area contributed by atoms with Gasteiger partial charge in [-0.2, -0.15) is 0 Å². The maximum Gasteiger partial charge on any atom is 0.341 e. The van der Waals surface area contributed by atoms with E-state index in [4.69, 9.17) is 15.2 Å². The average molecular weight is 293 g/mol. The lowest BCUT2D eigenvalue weighted by molar-refractivity contribution is 0.0527. The third kappa shape index (κ3) is 4.07. The Bertz CT molecular complexity index is 501. The number of nitrogen functional groups attached to an aromatic ring is 1. The molecule has 6 heteroatoms. The van der Waals surface area contributed by atoms with Crippen molar-refractivity contribution in [1.82, 2.24) is 4.98 Å². The zero-order valence-corrected chi connectivity index (χ0v) is 12.6. The van der Waals surface area contributed by atoms with Gasteiger partial charge < -0.3 is 20.5 Å². The normalized spacial score (nSPS) is 15.5. The molecule has 1 aromatic heterocycles. The van der Waals surface area contributed by atoms with E-state index < -0.39 is 5.97 Å². The number of esters is 1. The van der Waals surface area contributed by atoms with E-state index in [0.29, 0.717) is 23.7 Å². The molecule has 0 aromatic carbocycles. The maximum absolute atomic E-state index is 12.0. The molecule has 1 aliphatic carbocycles. The van der Waals surface area contributed by atoms with Crippen LogP contribution in [0.4, 0.5) is 11.5 Å². The number of methoxy groups -OCH3 is 1. The van der Waals surface area contributed by atoms with Gasteiger partial charge in [-0.1, -0.05) is 0 Å². The Kier molecular flexibility index (Phi) is 5.01. The minimum absolute atomic E-state index is 0.269. The molecule has 3 N–H and O–H groups in total. The number of nitrogens with one attached hydrogen (secondary N) is 1. The van der Waals surface area contributed by atoms with Gasteiger partial charge in [-0.05, 0) is 37.7 Å². The van der Waals surface area contributed by atoms with Crippen LogP contribution in [-0.2, 0) is 9.47 Å². The molecule has 116 valence electrons. The van der Waals surface area contributed by atoms with Crippen molar-refractivity contribution in [3.8, 4) is 0 Å². The molecule has 1 heterocycles. The number of rotatable bonds is 8. The number of pyridine rings is 1. The van der Waals surface area contributed by atoms with Crippen molar-refractivity contribution in [2.24, 2.45) is 5.41 Å². The Morgan fingerprint density at radius 3 is 2.90 bits per heavy atom. The summed E-state index contributed by atoms with van der Waals surface area (Å²) in [5.74, 6) is 0.132. The second-order valence-electron chi connectivity index (χ2n) is 5.48. The Morgan fingerprint density at radius 1 is 1.52 bits per heavy atom. The molecule has 1 aromatic rings. The molecule has 2 rings (SSSR count). The van der Waals surface area contributed by atoms with Crippen molar-refractivity contribution in [1.29, 1.82) is 0 Å². The summed E-state index contributed by atoms with van der Waals surface area (Å²) in [6.07, 6.45) is 4.90. The van der Waals surface area contributed by atoms with Crippen LogP contribution < -0.4 is 11.1 Å². The van der Waals surface area contributed by atoms with Crippen molar-refractivity contribution in [3.63, 3.8) is 0 Å². The first-order chi connectivity index (χ1) is 10.1. The van der Waals surface area contributed by atoms with Crippen LogP contribution >= 0.6 is 0 Å². The van der Waals surface area contributed by atoms with Crippen LogP contribution in [0.2, 0.25) is 0 Å². The van der Waals surface area contributed by atoms with Crippen molar-refractivity contribution < 1.29 is 14.3 Å². The quantitative estimate of drug-likeness (QED) is 0.714. The van der Waals surface area contributed by atoms with Crippen molar-refractivity contribution >= 4 is 17.5 Å². The Labute approximate surface area is 125 Å². The molecule has 1 aliphatic rings. The molecule has 0 atom stereocenters. The summed E-state index contributed by atoms with van der Waals surface area (Å²) in [4.78, 5) is 16.2. The molecule has 0 unspecified atom stereocenters. The monoisotopic (exact) mass is 293 g/mol. The number of hydrogen-bond donors (Lipinski definition) is 2. The lowest BCUT2D eigenvalue weighted by Crippen LogP contribution is -2.20. The van der Waals surface area contributed by atoms with Crippen LogP contribution in [-0.4, -0.2) is 37.8 Å². The van der Waals surface area contributed by atoms with Gasteiger partial charge in [0.1, 0.15) is 11.4 Å². The summed E-state index contributed by atoms with van der Waals surface area (Å²) in [6.45, 7) is 3.63. The highest BCUT2D eigenvalue weighted by Gasteiger charge is 2.42. The van der Waals surface area contributed by atoms with E-state index in [1.807, 2.05) is 0 Å².